The standard InChI is InChI=1S/C22H33N3O3/c1-3-24-12-14-25(15-13-24)22(27)19-8-6-18(7-9-19)21(26)23-16-17-4-10-20(28-2)11-5-17/h4-5,10-11,18-19H,3,6-9,12-16H2,1-2H3,(H,23,26). The van der Waals surface area contributed by atoms with Crippen molar-refractivity contribution in [2.75, 3.05) is 39.8 Å². The van der Waals surface area contributed by atoms with Crippen molar-refractivity contribution in [1.82, 2.24) is 15.1 Å². The number of benzene rings is 1. The van der Waals surface area contributed by atoms with E-state index < -0.39 is 0 Å². The van der Waals surface area contributed by atoms with Crippen molar-refractivity contribution in [1.29, 1.82) is 0 Å². The van der Waals surface area contributed by atoms with Crippen LogP contribution in [0, 0.1) is 11.8 Å². The molecule has 0 radical (unpaired) electrons. The van der Waals surface area contributed by atoms with E-state index in [1.165, 1.54) is 0 Å². The molecule has 1 aromatic carbocycles. The second-order valence-corrected chi connectivity index (χ2v) is 7.87. The number of piperazine rings is 1. The van der Waals surface area contributed by atoms with Crippen molar-refractivity contribution < 1.29 is 14.3 Å². The van der Waals surface area contributed by atoms with Gasteiger partial charge in [0.1, 0.15) is 5.75 Å². The van der Waals surface area contributed by atoms with Gasteiger partial charge in [-0.1, -0.05) is 19.1 Å². The summed E-state index contributed by atoms with van der Waals surface area (Å²) in [5, 5.41) is 3.04. The van der Waals surface area contributed by atoms with Crippen LogP contribution in [0.4, 0.5) is 0 Å². The average Bonchev–Trinajstić information content (AvgIpc) is 2.77. The lowest BCUT2D eigenvalue weighted by Gasteiger charge is -2.37. The predicted octanol–water partition coefficient (Wildman–Crippen LogP) is 2.28. The van der Waals surface area contributed by atoms with Crippen LogP contribution in [0.3, 0.4) is 0 Å². The molecule has 1 aromatic rings. The molecule has 6 heteroatoms. The lowest BCUT2D eigenvalue weighted by Crippen LogP contribution is -2.50. The Morgan fingerprint density at radius 2 is 1.61 bits per heavy atom. The zero-order chi connectivity index (χ0) is 19.9. The SMILES string of the molecule is CCN1CCN(C(=O)C2CCC(C(=O)NCc3ccc(OC)cc3)CC2)CC1. The van der Waals surface area contributed by atoms with E-state index >= 15 is 0 Å². The summed E-state index contributed by atoms with van der Waals surface area (Å²) in [6.45, 7) is 7.39. The van der Waals surface area contributed by atoms with Gasteiger partial charge in [0.05, 0.1) is 7.11 Å². The first-order chi connectivity index (χ1) is 13.6. The monoisotopic (exact) mass is 387 g/mol. The normalized spacial score (nSPS) is 23.3. The third-order valence-electron chi connectivity index (χ3n) is 6.20. The highest BCUT2D eigenvalue weighted by atomic mass is 16.5. The number of methoxy groups -OCH3 is 1. The molecule has 1 heterocycles. The molecule has 0 bridgehead atoms. The number of ether oxygens (including phenoxy) is 1. The summed E-state index contributed by atoms with van der Waals surface area (Å²) < 4.78 is 5.15. The molecular formula is C22H33N3O3. The van der Waals surface area contributed by atoms with Crippen LogP contribution in [0.25, 0.3) is 0 Å². The zero-order valence-electron chi connectivity index (χ0n) is 17.2. The van der Waals surface area contributed by atoms with Crippen molar-refractivity contribution in [3.05, 3.63) is 29.8 Å². The van der Waals surface area contributed by atoms with Crippen molar-refractivity contribution in [3.63, 3.8) is 0 Å². The van der Waals surface area contributed by atoms with Gasteiger partial charge in [0, 0.05) is 44.6 Å². The van der Waals surface area contributed by atoms with Gasteiger partial charge in [-0.15, -0.1) is 0 Å². The van der Waals surface area contributed by atoms with Crippen LogP contribution in [0.5, 0.6) is 5.75 Å². The van der Waals surface area contributed by atoms with Crippen LogP contribution in [-0.4, -0.2) is 61.4 Å². The minimum atomic E-state index is 0.0271. The smallest absolute Gasteiger partial charge is 0.225 e. The molecule has 3 rings (SSSR count). The molecule has 1 saturated heterocycles. The molecule has 1 N–H and O–H groups in total. The minimum Gasteiger partial charge on any atom is -0.497 e. The van der Waals surface area contributed by atoms with Gasteiger partial charge in [0.2, 0.25) is 11.8 Å². The van der Waals surface area contributed by atoms with Crippen molar-refractivity contribution in [2.24, 2.45) is 11.8 Å². The Kier molecular flexibility index (Phi) is 7.31. The molecule has 0 aromatic heterocycles. The molecule has 2 amide bonds. The number of carbonyl (C=O) groups excluding carboxylic acids is 2. The number of amides is 2. The lowest BCUT2D eigenvalue weighted by atomic mass is 9.80. The number of likely N-dealkylation sites (N-methyl/N-ethyl adjacent to an activating group) is 1. The highest BCUT2D eigenvalue weighted by Gasteiger charge is 2.33. The molecular weight excluding hydrogens is 354 g/mol. The highest BCUT2D eigenvalue weighted by Crippen LogP contribution is 2.30. The van der Waals surface area contributed by atoms with E-state index in [0.717, 1.165) is 69.7 Å². The molecule has 0 spiro atoms. The average molecular weight is 388 g/mol. The Labute approximate surface area is 168 Å². The summed E-state index contributed by atoms with van der Waals surface area (Å²) in [7, 11) is 1.64. The van der Waals surface area contributed by atoms with E-state index in [1.807, 2.05) is 29.2 Å². The molecule has 1 saturated carbocycles. The largest absolute Gasteiger partial charge is 0.497 e. The first-order valence-corrected chi connectivity index (χ1v) is 10.5. The van der Waals surface area contributed by atoms with Gasteiger partial charge in [0.15, 0.2) is 0 Å². The molecule has 28 heavy (non-hydrogen) atoms. The number of carbonyl (C=O) groups is 2. The van der Waals surface area contributed by atoms with Gasteiger partial charge < -0.3 is 19.9 Å². The first kappa shape index (κ1) is 20.6. The second kappa shape index (κ2) is 9.92. The molecule has 1 aliphatic heterocycles. The lowest BCUT2D eigenvalue weighted by molar-refractivity contribution is -0.140. The maximum absolute atomic E-state index is 12.8. The Bertz CT molecular complexity index is 645. The number of nitrogens with one attached hydrogen (secondary N) is 1. The summed E-state index contributed by atoms with van der Waals surface area (Å²) in [4.78, 5) is 29.7. The summed E-state index contributed by atoms with van der Waals surface area (Å²) in [5.74, 6) is 1.35. The predicted molar refractivity (Wildman–Crippen MR) is 109 cm³/mol. The van der Waals surface area contributed by atoms with Crippen molar-refractivity contribution in [2.45, 2.75) is 39.2 Å². The van der Waals surface area contributed by atoms with Gasteiger partial charge in [0.25, 0.3) is 0 Å². The third kappa shape index (κ3) is 5.25. The Balaban J connectivity index is 1.40. The van der Waals surface area contributed by atoms with Gasteiger partial charge in [-0.05, 0) is 49.9 Å². The number of hydrogen-bond acceptors (Lipinski definition) is 4. The molecule has 2 aliphatic rings. The maximum atomic E-state index is 12.8. The fourth-order valence-electron chi connectivity index (χ4n) is 4.22. The third-order valence-corrected chi connectivity index (χ3v) is 6.20. The van der Waals surface area contributed by atoms with Gasteiger partial charge in [-0.2, -0.15) is 0 Å². The van der Waals surface area contributed by atoms with Crippen LogP contribution in [0.2, 0.25) is 0 Å². The molecule has 6 nitrogen and oxygen atoms in total. The van der Waals surface area contributed by atoms with Gasteiger partial charge in [-0.25, -0.2) is 0 Å². The number of nitrogens with zero attached hydrogens (tertiary/aromatic N) is 2. The van der Waals surface area contributed by atoms with E-state index in [4.69, 9.17) is 4.74 Å². The summed E-state index contributed by atoms with van der Waals surface area (Å²) in [6.07, 6.45) is 3.26. The first-order valence-electron chi connectivity index (χ1n) is 10.5. The van der Waals surface area contributed by atoms with E-state index in [-0.39, 0.29) is 17.7 Å². The van der Waals surface area contributed by atoms with E-state index in [0.29, 0.717) is 12.5 Å². The molecule has 2 fully saturated rings. The highest BCUT2D eigenvalue weighted by molar-refractivity contribution is 5.81. The quantitative estimate of drug-likeness (QED) is 0.814. The van der Waals surface area contributed by atoms with Crippen LogP contribution in [0.1, 0.15) is 38.2 Å². The topological polar surface area (TPSA) is 61.9 Å². The molecule has 0 unspecified atom stereocenters. The van der Waals surface area contributed by atoms with Gasteiger partial charge in [-0.3, -0.25) is 9.59 Å². The van der Waals surface area contributed by atoms with Gasteiger partial charge >= 0.3 is 0 Å². The van der Waals surface area contributed by atoms with E-state index in [1.54, 1.807) is 7.11 Å². The molecule has 154 valence electrons. The zero-order valence-corrected chi connectivity index (χ0v) is 17.2. The van der Waals surface area contributed by atoms with E-state index in [9.17, 15) is 9.59 Å². The maximum Gasteiger partial charge on any atom is 0.225 e. The van der Waals surface area contributed by atoms with Crippen LogP contribution in [0.15, 0.2) is 24.3 Å². The summed E-state index contributed by atoms with van der Waals surface area (Å²) in [5.41, 5.74) is 1.06. The number of rotatable bonds is 6. The Morgan fingerprint density at radius 3 is 2.18 bits per heavy atom. The van der Waals surface area contributed by atoms with Crippen molar-refractivity contribution in [3.8, 4) is 5.75 Å². The fourth-order valence-corrected chi connectivity index (χ4v) is 4.22. The molecule has 1 aliphatic carbocycles. The fraction of sp³-hybridized carbons (Fsp3) is 0.636. The van der Waals surface area contributed by atoms with E-state index in [2.05, 4.69) is 17.1 Å². The summed E-state index contributed by atoms with van der Waals surface area (Å²) in [6, 6.07) is 7.73. The van der Waals surface area contributed by atoms with Crippen LogP contribution in [-0.2, 0) is 16.1 Å². The minimum absolute atomic E-state index is 0.0271. The van der Waals surface area contributed by atoms with Crippen LogP contribution >= 0.6 is 0 Å². The second-order valence-electron chi connectivity index (χ2n) is 7.87. The van der Waals surface area contributed by atoms with Crippen molar-refractivity contribution >= 4 is 11.8 Å². The Morgan fingerprint density at radius 1 is 1.00 bits per heavy atom. The Hall–Kier alpha value is -2.08. The van der Waals surface area contributed by atoms with Crippen LogP contribution < -0.4 is 10.1 Å². The summed E-state index contributed by atoms with van der Waals surface area (Å²) >= 11 is 0. The molecule has 0 atom stereocenters. The number of hydrogen-bond donors (Lipinski definition) is 1.